The lowest BCUT2D eigenvalue weighted by Crippen LogP contribution is -2.50. The van der Waals surface area contributed by atoms with E-state index in [4.69, 9.17) is 4.74 Å². The summed E-state index contributed by atoms with van der Waals surface area (Å²) in [6.45, 7) is 10.7. The number of amides is 1. The van der Waals surface area contributed by atoms with Gasteiger partial charge in [-0.3, -0.25) is 9.36 Å². The number of thiazole rings is 1. The fourth-order valence-corrected chi connectivity index (χ4v) is 5.35. The van der Waals surface area contributed by atoms with Crippen molar-refractivity contribution < 1.29 is 18.7 Å². The number of nitrogens with zero attached hydrogens (tertiary/aromatic N) is 5. The maximum absolute atomic E-state index is 13.3. The largest absolute Gasteiger partial charge is 0.444 e. The number of aryl methyl sites for hydroxylation is 1. The Kier molecular flexibility index (Phi) is 9.11. The van der Waals surface area contributed by atoms with Crippen LogP contribution in [0.3, 0.4) is 0 Å². The number of para-hydroxylation sites is 2. The second-order valence-corrected chi connectivity index (χ2v) is 11.2. The van der Waals surface area contributed by atoms with Crippen molar-refractivity contribution in [1.82, 2.24) is 19.0 Å². The molecule has 1 aliphatic heterocycles. The summed E-state index contributed by atoms with van der Waals surface area (Å²) in [7, 11) is 1.77. The van der Waals surface area contributed by atoms with Crippen LogP contribution in [0.25, 0.3) is 16.2 Å². The number of fused-ring (bicyclic) bond motifs is 1. The number of carbonyl (C=O) groups excluding carboxylic acids is 2. The zero-order chi connectivity index (χ0) is 29.7. The molecule has 0 spiro atoms. The van der Waals surface area contributed by atoms with E-state index in [1.807, 2.05) is 52.0 Å². The van der Waals surface area contributed by atoms with Gasteiger partial charge in [0.2, 0.25) is 0 Å². The van der Waals surface area contributed by atoms with E-state index in [9.17, 15) is 18.8 Å². The Morgan fingerprint density at radius 2 is 1.80 bits per heavy atom. The molecule has 0 saturated carbocycles. The van der Waals surface area contributed by atoms with E-state index in [1.165, 1.54) is 23.5 Å². The van der Waals surface area contributed by atoms with Gasteiger partial charge in [0.15, 0.2) is 11.4 Å². The average molecular weight is 583 g/mol. The van der Waals surface area contributed by atoms with E-state index >= 15 is 0 Å². The second kappa shape index (κ2) is 12.5. The maximum Gasteiger partial charge on any atom is 0.410 e. The molecule has 12 heteroatoms. The number of benzene rings is 2. The number of nitrogens with one attached hydrogen (secondary N) is 1. The summed E-state index contributed by atoms with van der Waals surface area (Å²) in [6, 6.07) is 12.3. The lowest BCUT2D eigenvalue weighted by molar-refractivity contribution is 0.0240. The predicted molar refractivity (Wildman–Crippen MR) is 160 cm³/mol. The van der Waals surface area contributed by atoms with Gasteiger partial charge in [0, 0.05) is 45.2 Å². The standard InChI is InChI=1S/C16H24FN3O2.C13H11N3O2S/c1-16(2,3)22-15(21)20-9-7-19(8-10-20)14-6-5-12(17)11-13(14)18-4;1-2-15-10-5-3-4-6-11(10)16(13(15)18)12-14-9(7-17)8-19-12/h5-6,11,18H,7-10H2,1-4H3;3-8H,2H2,1H3. The third-order valence-electron chi connectivity index (χ3n) is 6.47. The zero-order valence-corrected chi connectivity index (χ0v) is 24.7. The molecule has 0 aliphatic carbocycles. The number of aldehydes is 1. The number of hydrogen-bond donors (Lipinski definition) is 1. The molecule has 0 atom stereocenters. The lowest BCUT2D eigenvalue weighted by Gasteiger charge is -2.37. The summed E-state index contributed by atoms with van der Waals surface area (Å²) in [5.74, 6) is -0.263. The highest BCUT2D eigenvalue weighted by Crippen LogP contribution is 2.27. The molecule has 0 unspecified atom stereocenters. The summed E-state index contributed by atoms with van der Waals surface area (Å²) in [4.78, 5) is 43.2. The van der Waals surface area contributed by atoms with Crippen LogP contribution in [0.2, 0.25) is 0 Å². The molecule has 0 bridgehead atoms. The highest BCUT2D eigenvalue weighted by atomic mass is 32.1. The number of halogens is 1. The molecule has 41 heavy (non-hydrogen) atoms. The quantitative estimate of drug-likeness (QED) is 0.330. The van der Waals surface area contributed by atoms with Crippen LogP contribution in [0.4, 0.5) is 20.6 Å². The van der Waals surface area contributed by atoms with Crippen molar-refractivity contribution in [2.45, 2.75) is 39.8 Å². The molecule has 1 amide bonds. The van der Waals surface area contributed by atoms with Gasteiger partial charge in [0.25, 0.3) is 0 Å². The normalized spacial score (nSPS) is 13.5. The van der Waals surface area contributed by atoms with Crippen molar-refractivity contribution in [3.05, 3.63) is 69.8 Å². The van der Waals surface area contributed by atoms with Crippen LogP contribution in [0.15, 0.2) is 52.6 Å². The minimum absolute atomic E-state index is 0.129. The number of aromatic nitrogens is 3. The van der Waals surface area contributed by atoms with Gasteiger partial charge in [0.1, 0.15) is 17.1 Å². The predicted octanol–water partition coefficient (Wildman–Crippen LogP) is 5.01. The molecular weight excluding hydrogens is 547 g/mol. The molecule has 0 radical (unpaired) electrons. The third kappa shape index (κ3) is 6.76. The Morgan fingerprint density at radius 3 is 2.39 bits per heavy atom. The van der Waals surface area contributed by atoms with Gasteiger partial charge < -0.3 is 19.9 Å². The molecule has 1 saturated heterocycles. The summed E-state index contributed by atoms with van der Waals surface area (Å²) in [6.07, 6.45) is 0.407. The molecule has 4 aromatic rings. The molecule has 1 aliphatic rings. The molecule has 2 aromatic carbocycles. The van der Waals surface area contributed by atoms with Crippen LogP contribution in [0.1, 0.15) is 38.2 Å². The number of piperazine rings is 1. The first-order valence-corrected chi connectivity index (χ1v) is 14.3. The van der Waals surface area contributed by atoms with Crippen molar-refractivity contribution in [2.75, 3.05) is 43.4 Å². The van der Waals surface area contributed by atoms with Crippen LogP contribution in [-0.4, -0.2) is 70.2 Å². The van der Waals surface area contributed by atoms with Gasteiger partial charge in [-0.15, -0.1) is 11.3 Å². The first-order valence-electron chi connectivity index (χ1n) is 13.4. The number of anilines is 2. The first kappa shape index (κ1) is 29.8. The number of imidazole rings is 1. The lowest BCUT2D eigenvalue weighted by atomic mass is 10.2. The number of hydrogen-bond acceptors (Lipinski definition) is 8. The molecule has 10 nitrogen and oxygen atoms in total. The summed E-state index contributed by atoms with van der Waals surface area (Å²) in [5, 5.41) is 5.18. The van der Waals surface area contributed by atoms with E-state index in [-0.39, 0.29) is 17.6 Å². The first-order chi connectivity index (χ1) is 19.6. The van der Waals surface area contributed by atoms with Crippen molar-refractivity contribution in [1.29, 1.82) is 0 Å². The van der Waals surface area contributed by atoms with Gasteiger partial charge in [-0.1, -0.05) is 12.1 Å². The molecule has 1 fully saturated rings. The smallest absolute Gasteiger partial charge is 0.410 e. The topological polar surface area (TPSA) is 102 Å². The second-order valence-electron chi connectivity index (χ2n) is 10.4. The highest BCUT2D eigenvalue weighted by molar-refractivity contribution is 7.12. The minimum Gasteiger partial charge on any atom is -0.444 e. The third-order valence-corrected chi connectivity index (χ3v) is 7.32. The van der Waals surface area contributed by atoms with Crippen LogP contribution in [-0.2, 0) is 11.3 Å². The Hall–Kier alpha value is -4.19. The van der Waals surface area contributed by atoms with E-state index in [0.717, 1.165) is 22.4 Å². The number of carbonyl (C=O) groups is 2. The Morgan fingerprint density at radius 1 is 1.12 bits per heavy atom. The fourth-order valence-electron chi connectivity index (χ4n) is 4.57. The average Bonchev–Trinajstić information content (AvgIpc) is 3.53. The van der Waals surface area contributed by atoms with E-state index in [0.29, 0.717) is 49.8 Å². The van der Waals surface area contributed by atoms with Gasteiger partial charge in [-0.2, -0.15) is 0 Å². The van der Waals surface area contributed by atoms with Crippen LogP contribution in [0.5, 0.6) is 0 Å². The monoisotopic (exact) mass is 582 g/mol. The Labute approximate surface area is 242 Å². The fraction of sp³-hybridized carbons (Fsp3) is 0.379. The number of ether oxygens (including phenoxy) is 1. The summed E-state index contributed by atoms with van der Waals surface area (Å²) in [5.41, 5.74) is 3.12. The van der Waals surface area contributed by atoms with Crippen LogP contribution < -0.4 is 15.9 Å². The van der Waals surface area contributed by atoms with Crippen molar-refractivity contribution >= 4 is 46.1 Å². The zero-order valence-electron chi connectivity index (χ0n) is 23.9. The van der Waals surface area contributed by atoms with Gasteiger partial charge in [-0.05, 0) is 58.0 Å². The minimum atomic E-state index is -0.482. The van der Waals surface area contributed by atoms with E-state index in [1.54, 1.807) is 32.5 Å². The van der Waals surface area contributed by atoms with Crippen molar-refractivity contribution in [3.63, 3.8) is 0 Å². The SMILES string of the molecule is CCn1c(=O)n(-c2nc(C=O)cs2)c2ccccc21.CNc1cc(F)ccc1N1CCN(C(=O)OC(C)(C)C)CC1. The van der Waals surface area contributed by atoms with Gasteiger partial charge in [-0.25, -0.2) is 23.5 Å². The van der Waals surface area contributed by atoms with E-state index < -0.39 is 5.60 Å². The maximum atomic E-state index is 13.3. The molecule has 3 heterocycles. The number of rotatable bonds is 5. The highest BCUT2D eigenvalue weighted by Gasteiger charge is 2.26. The van der Waals surface area contributed by atoms with E-state index in [2.05, 4.69) is 15.2 Å². The summed E-state index contributed by atoms with van der Waals surface area (Å²) >= 11 is 1.29. The molecule has 1 N–H and O–H groups in total. The molecular formula is C29H35FN6O4S. The molecule has 2 aromatic heterocycles. The van der Waals surface area contributed by atoms with Crippen molar-refractivity contribution in [3.8, 4) is 5.13 Å². The molecule has 5 rings (SSSR count). The van der Waals surface area contributed by atoms with Crippen LogP contribution in [0, 0.1) is 5.82 Å². The molecule has 218 valence electrons. The van der Waals surface area contributed by atoms with Crippen molar-refractivity contribution in [2.24, 2.45) is 0 Å². The Bertz CT molecular complexity index is 1580. The Balaban J connectivity index is 0.000000191. The van der Waals surface area contributed by atoms with Gasteiger partial charge >= 0.3 is 11.8 Å². The van der Waals surface area contributed by atoms with Gasteiger partial charge in [0.05, 0.1) is 22.4 Å². The van der Waals surface area contributed by atoms with Crippen LogP contribution >= 0.6 is 11.3 Å². The summed E-state index contributed by atoms with van der Waals surface area (Å²) < 4.78 is 21.9.